The molecule has 100 valence electrons. The minimum absolute atomic E-state index is 0.384. The van der Waals surface area contributed by atoms with Crippen LogP contribution in [-0.4, -0.2) is 12.8 Å². The van der Waals surface area contributed by atoms with Crippen LogP contribution in [0.15, 0.2) is 57.9 Å². The summed E-state index contributed by atoms with van der Waals surface area (Å²) in [5, 5.41) is 3.39. The lowest BCUT2D eigenvalue weighted by Crippen LogP contribution is -2.18. The van der Waals surface area contributed by atoms with Crippen LogP contribution in [0.5, 0.6) is 0 Å². The molecule has 0 aromatic heterocycles. The van der Waals surface area contributed by atoms with E-state index in [1.165, 1.54) is 16.0 Å². The average Bonchev–Trinajstić information content (AvgIpc) is 2.43. The molecule has 0 saturated carbocycles. The Kier molecular flexibility index (Phi) is 5.49. The summed E-state index contributed by atoms with van der Waals surface area (Å²) in [4.78, 5) is 1.30. The lowest BCUT2D eigenvalue weighted by atomic mass is 10.1. The maximum Gasteiger partial charge on any atom is 0.0412 e. The molecule has 0 saturated heterocycles. The van der Waals surface area contributed by atoms with Gasteiger partial charge in [0.15, 0.2) is 0 Å². The van der Waals surface area contributed by atoms with Gasteiger partial charge in [0.2, 0.25) is 0 Å². The molecule has 0 radical (unpaired) electrons. The van der Waals surface area contributed by atoms with Gasteiger partial charge in [-0.2, -0.15) is 0 Å². The highest BCUT2D eigenvalue weighted by molar-refractivity contribution is 9.10. The van der Waals surface area contributed by atoms with Gasteiger partial charge in [-0.05, 0) is 43.8 Å². The van der Waals surface area contributed by atoms with E-state index >= 15 is 0 Å². The molecule has 0 spiro atoms. The van der Waals surface area contributed by atoms with Crippen LogP contribution in [0.25, 0.3) is 0 Å². The van der Waals surface area contributed by atoms with Crippen molar-refractivity contribution in [2.24, 2.45) is 0 Å². The summed E-state index contributed by atoms with van der Waals surface area (Å²) >= 11 is 5.34. The van der Waals surface area contributed by atoms with Crippen molar-refractivity contribution in [1.29, 1.82) is 0 Å². The van der Waals surface area contributed by atoms with Gasteiger partial charge in [0.25, 0.3) is 0 Å². The zero-order valence-electron chi connectivity index (χ0n) is 11.2. The molecule has 0 amide bonds. The van der Waals surface area contributed by atoms with Crippen molar-refractivity contribution in [3.63, 3.8) is 0 Å². The molecule has 0 aliphatic rings. The Bertz CT molecular complexity index is 507. The van der Waals surface area contributed by atoms with Gasteiger partial charge in [-0.3, -0.25) is 0 Å². The third-order valence-electron chi connectivity index (χ3n) is 3.06. The fourth-order valence-corrected chi connectivity index (χ4v) is 3.17. The topological polar surface area (TPSA) is 12.0 Å². The Morgan fingerprint density at radius 3 is 2.26 bits per heavy atom. The molecule has 0 heterocycles. The quantitative estimate of drug-likeness (QED) is 0.787. The monoisotopic (exact) mass is 335 g/mol. The van der Waals surface area contributed by atoms with E-state index in [1.54, 1.807) is 0 Å². The van der Waals surface area contributed by atoms with Crippen LogP contribution in [0, 0.1) is 6.92 Å². The van der Waals surface area contributed by atoms with E-state index in [1.807, 2.05) is 18.8 Å². The molecular weight excluding hydrogens is 318 g/mol. The van der Waals surface area contributed by atoms with Gasteiger partial charge in [-0.1, -0.05) is 45.8 Å². The van der Waals surface area contributed by atoms with Gasteiger partial charge < -0.3 is 5.32 Å². The summed E-state index contributed by atoms with van der Waals surface area (Å²) < 4.78 is 1.13. The maximum atomic E-state index is 3.46. The number of nitrogens with one attached hydrogen (secondary N) is 1. The second-order valence-corrected chi connectivity index (χ2v) is 6.53. The highest BCUT2D eigenvalue weighted by Crippen LogP contribution is 2.26. The van der Waals surface area contributed by atoms with Crippen molar-refractivity contribution in [3.8, 4) is 0 Å². The minimum atomic E-state index is 0.384. The number of halogens is 1. The fourth-order valence-electron chi connectivity index (χ4n) is 1.86. The van der Waals surface area contributed by atoms with Crippen molar-refractivity contribution in [1.82, 2.24) is 5.32 Å². The van der Waals surface area contributed by atoms with Gasteiger partial charge in [0.05, 0.1) is 0 Å². The second-order valence-electron chi connectivity index (χ2n) is 4.52. The minimum Gasteiger partial charge on any atom is -0.312 e. The molecule has 1 atom stereocenters. The third-order valence-corrected chi connectivity index (χ3v) is 4.69. The molecule has 0 aliphatic heterocycles. The van der Waals surface area contributed by atoms with Crippen molar-refractivity contribution in [2.75, 3.05) is 12.8 Å². The number of hydrogen-bond acceptors (Lipinski definition) is 2. The average molecular weight is 336 g/mol. The Balaban J connectivity index is 1.99. The normalized spacial score (nSPS) is 12.4. The highest BCUT2D eigenvalue weighted by atomic mass is 79.9. The van der Waals surface area contributed by atoms with Crippen LogP contribution in [0.1, 0.15) is 17.2 Å². The standard InChI is InChI=1S/C16H18BrNS/c1-12-3-5-13(6-4-12)16(18-2)11-19-15-9-7-14(17)8-10-15/h3-10,16,18H,11H2,1-2H3. The van der Waals surface area contributed by atoms with Gasteiger partial charge in [-0.25, -0.2) is 0 Å². The van der Waals surface area contributed by atoms with E-state index in [0.29, 0.717) is 6.04 Å². The van der Waals surface area contributed by atoms with Gasteiger partial charge in [0, 0.05) is 21.2 Å². The molecule has 1 nitrogen and oxygen atoms in total. The van der Waals surface area contributed by atoms with Gasteiger partial charge in [-0.15, -0.1) is 11.8 Å². The lowest BCUT2D eigenvalue weighted by Gasteiger charge is -2.16. The van der Waals surface area contributed by atoms with Crippen LogP contribution in [0.3, 0.4) is 0 Å². The van der Waals surface area contributed by atoms with E-state index in [-0.39, 0.29) is 0 Å². The second kappa shape index (κ2) is 7.13. The van der Waals surface area contributed by atoms with Crippen LogP contribution in [0.2, 0.25) is 0 Å². The molecule has 2 aromatic carbocycles. The Labute approximate surface area is 127 Å². The Hall–Kier alpha value is -0.770. The molecule has 0 fully saturated rings. The zero-order chi connectivity index (χ0) is 13.7. The summed E-state index contributed by atoms with van der Waals surface area (Å²) in [5.74, 6) is 1.03. The highest BCUT2D eigenvalue weighted by Gasteiger charge is 2.09. The van der Waals surface area contributed by atoms with Crippen LogP contribution in [-0.2, 0) is 0 Å². The van der Waals surface area contributed by atoms with Crippen molar-refractivity contribution in [2.45, 2.75) is 17.9 Å². The molecule has 2 aromatic rings. The molecule has 19 heavy (non-hydrogen) atoms. The zero-order valence-corrected chi connectivity index (χ0v) is 13.6. The lowest BCUT2D eigenvalue weighted by molar-refractivity contribution is 0.661. The first-order valence-corrected chi connectivity index (χ1v) is 8.09. The number of aryl methyl sites for hydroxylation is 1. The van der Waals surface area contributed by atoms with Gasteiger partial charge >= 0.3 is 0 Å². The first-order valence-electron chi connectivity index (χ1n) is 6.31. The van der Waals surface area contributed by atoms with Crippen molar-refractivity contribution in [3.05, 3.63) is 64.1 Å². The van der Waals surface area contributed by atoms with Crippen LogP contribution < -0.4 is 5.32 Å². The molecule has 1 N–H and O–H groups in total. The maximum absolute atomic E-state index is 3.46. The third kappa shape index (κ3) is 4.37. The number of thioether (sulfide) groups is 1. The molecule has 0 aliphatic carbocycles. The Morgan fingerprint density at radius 1 is 1.05 bits per heavy atom. The predicted octanol–water partition coefficient (Wildman–Crippen LogP) is 4.81. The number of hydrogen-bond donors (Lipinski definition) is 1. The van der Waals surface area contributed by atoms with E-state index in [2.05, 4.69) is 76.7 Å². The van der Waals surface area contributed by atoms with Gasteiger partial charge in [0.1, 0.15) is 0 Å². The predicted molar refractivity (Wildman–Crippen MR) is 87.8 cm³/mol. The Morgan fingerprint density at radius 2 is 1.68 bits per heavy atom. The SMILES string of the molecule is CNC(CSc1ccc(Br)cc1)c1ccc(C)cc1. The molecule has 0 bridgehead atoms. The summed E-state index contributed by atoms with van der Waals surface area (Å²) in [5.41, 5.74) is 2.65. The summed E-state index contributed by atoms with van der Waals surface area (Å²) in [7, 11) is 2.02. The van der Waals surface area contributed by atoms with E-state index in [4.69, 9.17) is 0 Å². The van der Waals surface area contributed by atoms with Crippen molar-refractivity contribution >= 4 is 27.7 Å². The summed E-state index contributed by atoms with van der Waals surface area (Å²) in [6, 6.07) is 17.6. The fraction of sp³-hybridized carbons (Fsp3) is 0.250. The molecule has 2 rings (SSSR count). The summed E-state index contributed by atoms with van der Waals surface area (Å²) in [6.07, 6.45) is 0. The largest absolute Gasteiger partial charge is 0.312 e. The smallest absolute Gasteiger partial charge is 0.0412 e. The number of rotatable bonds is 5. The van der Waals surface area contributed by atoms with E-state index < -0.39 is 0 Å². The molecule has 3 heteroatoms. The molecule has 1 unspecified atom stereocenters. The van der Waals surface area contributed by atoms with E-state index in [9.17, 15) is 0 Å². The first kappa shape index (κ1) is 14.6. The van der Waals surface area contributed by atoms with E-state index in [0.717, 1.165) is 10.2 Å². The first-order chi connectivity index (χ1) is 9.19. The van der Waals surface area contributed by atoms with Crippen LogP contribution >= 0.6 is 27.7 Å². The van der Waals surface area contributed by atoms with Crippen molar-refractivity contribution < 1.29 is 0 Å². The number of benzene rings is 2. The van der Waals surface area contributed by atoms with Crippen LogP contribution in [0.4, 0.5) is 0 Å². The summed E-state index contributed by atoms with van der Waals surface area (Å²) in [6.45, 7) is 2.12. The molecular formula is C16H18BrNS.